The van der Waals surface area contributed by atoms with Gasteiger partial charge in [-0.3, -0.25) is 15.0 Å². The average Bonchev–Trinajstić information content (AvgIpc) is 0.719. The van der Waals surface area contributed by atoms with E-state index in [4.69, 9.17) is 0 Å². The third-order valence-electron chi connectivity index (χ3n) is 23.9. The SMILES string of the molecule is c1ccc(-c2ccc(-c3ccc4c(c3)-c3ccccc3B3c5ccccc5-c5ccccc5N34)cc2)nc1.c1ccc2c(c1)B1c3ccccc3-c3cc(-c4ccc(-c5ccncc5)cc4)ccc3N1c1ccccc1-2.c1cncc(-c2ccc(-c3ccc4c(c3)-c3ccccc3B3c5ccccc5-c5ccccc5N34)cc2)c1. The van der Waals surface area contributed by atoms with Crippen molar-refractivity contribution in [3.63, 3.8) is 0 Å². The largest absolute Gasteiger partial charge is 0.376 e. The van der Waals surface area contributed by atoms with Gasteiger partial charge in [-0.15, -0.1) is 0 Å². The number of anilines is 6. The van der Waals surface area contributed by atoms with E-state index in [1.165, 1.54) is 184 Å². The normalized spacial score (nSPS) is 12.6. The maximum atomic E-state index is 4.50. The molecule has 528 valence electrons. The number of benzene rings is 15. The van der Waals surface area contributed by atoms with E-state index >= 15 is 0 Å². The first kappa shape index (κ1) is 66.3. The molecule has 0 amide bonds. The molecule has 24 rings (SSSR count). The second-order valence-electron chi connectivity index (χ2n) is 30.0. The lowest BCUT2D eigenvalue weighted by Crippen LogP contribution is -2.59. The highest BCUT2D eigenvalue weighted by Crippen LogP contribution is 2.51. The van der Waals surface area contributed by atoms with Crippen molar-refractivity contribution in [3.8, 4) is 134 Å². The molecule has 0 spiro atoms. The predicted octanol–water partition coefficient (Wildman–Crippen LogP) is 22.0. The number of fused-ring (bicyclic) bond motifs is 33. The van der Waals surface area contributed by atoms with Crippen molar-refractivity contribution >= 4 is 87.4 Å². The van der Waals surface area contributed by atoms with Crippen molar-refractivity contribution in [2.75, 3.05) is 14.4 Å². The molecule has 0 aliphatic carbocycles. The maximum Gasteiger partial charge on any atom is 0.329 e. The Labute approximate surface area is 665 Å². The van der Waals surface area contributed by atoms with Gasteiger partial charge < -0.3 is 14.4 Å². The van der Waals surface area contributed by atoms with Gasteiger partial charge in [0.1, 0.15) is 0 Å². The molecule has 18 aromatic rings. The highest BCUT2D eigenvalue weighted by atomic mass is 15.1. The van der Waals surface area contributed by atoms with Crippen LogP contribution in [0.15, 0.2) is 419 Å². The van der Waals surface area contributed by atoms with Gasteiger partial charge >= 0.3 is 20.5 Å². The van der Waals surface area contributed by atoms with Crippen molar-refractivity contribution in [2.24, 2.45) is 0 Å². The van der Waals surface area contributed by atoms with Gasteiger partial charge in [0.25, 0.3) is 0 Å². The molecule has 6 nitrogen and oxygen atoms in total. The summed E-state index contributed by atoms with van der Waals surface area (Å²) >= 11 is 0. The molecule has 114 heavy (non-hydrogen) atoms. The summed E-state index contributed by atoms with van der Waals surface area (Å²) in [6.07, 6.45) is 9.25. The van der Waals surface area contributed by atoms with E-state index in [0.29, 0.717) is 0 Å². The highest BCUT2D eigenvalue weighted by Gasteiger charge is 2.45. The third kappa shape index (κ3) is 11.1. The van der Waals surface area contributed by atoms with E-state index in [0.717, 1.165) is 16.8 Å². The fourth-order valence-electron chi connectivity index (χ4n) is 18.8. The molecule has 6 aliphatic heterocycles. The molecule has 9 heterocycles. The Morgan fingerprint density at radius 2 is 0.439 bits per heavy atom. The molecule has 9 heteroatoms. The van der Waals surface area contributed by atoms with Crippen LogP contribution in [0.5, 0.6) is 0 Å². The molecule has 0 atom stereocenters. The van der Waals surface area contributed by atoms with Crippen LogP contribution in [-0.4, -0.2) is 35.5 Å². The second kappa shape index (κ2) is 27.7. The molecule has 3 aromatic heterocycles. The first-order valence-electron chi connectivity index (χ1n) is 39.3. The molecule has 6 aliphatic rings. The lowest BCUT2D eigenvalue weighted by atomic mass is 9.43. The first-order chi connectivity index (χ1) is 56.6. The van der Waals surface area contributed by atoms with Gasteiger partial charge in [0, 0.05) is 104 Å². The van der Waals surface area contributed by atoms with E-state index in [1.807, 2.05) is 49.2 Å². The highest BCUT2D eigenvalue weighted by molar-refractivity contribution is 6.94. The Morgan fingerprint density at radius 3 is 0.772 bits per heavy atom. The fraction of sp³-hybridized carbons (Fsp3) is 0. The number of hydrogen-bond donors (Lipinski definition) is 0. The zero-order chi connectivity index (χ0) is 75.2. The summed E-state index contributed by atoms with van der Waals surface area (Å²) in [5, 5.41) is 0. The van der Waals surface area contributed by atoms with Crippen molar-refractivity contribution in [1.82, 2.24) is 15.0 Å². The van der Waals surface area contributed by atoms with Gasteiger partial charge in [0.15, 0.2) is 0 Å². The average molecular weight is 1450 g/mol. The Balaban J connectivity index is 0.000000104. The minimum atomic E-state index is 0.147. The number of para-hydroxylation sites is 3. The smallest absolute Gasteiger partial charge is 0.329 e. The van der Waals surface area contributed by atoms with Crippen LogP contribution >= 0.6 is 0 Å². The number of pyridine rings is 3. The monoisotopic (exact) mass is 1450 g/mol. The van der Waals surface area contributed by atoms with Crippen LogP contribution in [0, 0.1) is 0 Å². The summed E-state index contributed by atoms with van der Waals surface area (Å²) in [6, 6.07) is 141. The van der Waals surface area contributed by atoms with Crippen LogP contribution in [0.1, 0.15) is 0 Å². The molecule has 0 N–H and O–H groups in total. The maximum absolute atomic E-state index is 4.50. The van der Waals surface area contributed by atoms with Crippen LogP contribution < -0.4 is 47.2 Å². The number of nitrogens with zero attached hydrogens (tertiary/aromatic N) is 6. The van der Waals surface area contributed by atoms with Gasteiger partial charge in [-0.25, -0.2) is 0 Å². The van der Waals surface area contributed by atoms with Gasteiger partial charge in [-0.05, 0) is 207 Å². The van der Waals surface area contributed by atoms with E-state index in [-0.39, 0.29) is 20.5 Å². The summed E-state index contributed by atoms with van der Waals surface area (Å²) in [5.74, 6) is 0. The lowest BCUT2D eigenvalue weighted by molar-refractivity contribution is 1.33. The number of rotatable bonds is 6. The molecule has 0 saturated carbocycles. The van der Waals surface area contributed by atoms with Gasteiger partial charge in [0.2, 0.25) is 0 Å². The molecular weight excluding hydrogens is 1380 g/mol. The molecular formula is C105H69B3N6. The Bertz CT molecular complexity index is 6130. The molecule has 0 unspecified atom stereocenters. The van der Waals surface area contributed by atoms with Crippen molar-refractivity contribution in [3.05, 3.63) is 419 Å². The van der Waals surface area contributed by atoms with Crippen molar-refractivity contribution in [1.29, 1.82) is 0 Å². The van der Waals surface area contributed by atoms with Gasteiger partial charge in [0.05, 0.1) is 5.69 Å². The van der Waals surface area contributed by atoms with E-state index in [1.54, 1.807) is 0 Å². The molecule has 0 bridgehead atoms. The molecule has 0 saturated heterocycles. The number of hydrogen-bond acceptors (Lipinski definition) is 6. The summed E-state index contributed by atoms with van der Waals surface area (Å²) in [4.78, 5) is 20.6. The van der Waals surface area contributed by atoms with Crippen LogP contribution in [0.4, 0.5) is 34.1 Å². The van der Waals surface area contributed by atoms with E-state index in [2.05, 4.69) is 399 Å². The van der Waals surface area contributed by atoms with Crippen LogP contribution in [-0.2, 0) is 0 Å². The Kier molecular flexibility index (Phi) is 16.1. The quantitative estimate of drug-likeness (QED) is 0.155. The first-order valence-corrected chi connectivity index (χ1v) is 39.3. The van der Waals surface area contributed by atoms with Crippen LogP contribution in [0.3, 0.4) is 0 Å². The number of aromatic nitrogens is 3. The topological polar surface area (TPSA) is 48.4 Å². The fourth-order valence-corrected chi connectivity index (χ4v) is 18.8. The van der Waals surface area contributed by atoms with E-state index in [9.17, 15) is 0 Å². The minimum absolute atomic E-state index is 0.147. The zero-order valence-electron chi connectivity index (χ0n) is 62.3. The minimum Gasteiger partial charge on any atom is -0.376 e. The summed E-state index contributed by atoms with van der Waals surface area (Å²) in [5.41, 5.74) is 45.4. The Morgan fingerprint density at radius 1 is 0.167 bits per heavy atom. The van der Waals surface area contributed by atoms with Crippen LogP contribution in [0.25, 0.3) is 134 Å². The second-order valence-corrected chi connectivity index (χ2v) is 30.0. The standard InChI is InChI=1S/3C35H23BN2/c1-4-12-31-27(9-1)29-11-3-6-15-34(29)38-35-21-20-26(23-30(35)28-10-2-5-13-32(28)36(31)38)24-16-18-25(19-17-24)33-14-7-8-22-37-33;1-4-12-32-28(9-1)30-11-3-6-14-34(30)38-35-20-19-26(22-31(35)29-10-2-5-13-33(29)36(32)38)24-15-17-25(18-16-24)27-8-7-21-37-23-27;1-4-10-32-28(7-1)30-9-3-6-12-34(30)38-35-18-17-27(23-31(35)29-8-2-5-11-33(29)36(32)38)25-15-13-24(14-16-25)26-19-21-37-22-20-26/h3*1-23H. The third-order valence-corrected chi connectivity index (χ3v) is 23.9. The summed E-state index contributed by atoms with van der Waals surface area (Å²) in [7, 11) is 0. The van der Waals surface area contributed by atoms with Gasteiger partial charge in [-0.1, -0.05) is 303 Å². The Hall–Kier alpha value is -14.7. The molecule has 0 fully saturated rings. The lowest BCUT2D eigenvalue weighted by Gasteiger charge is -2.43. The zero-order valence-corrected chi connectivity index (χ0v) is 62.3. The summed E-state index contributed by atoms with van der Waals surface area (Å²) in [6.45, 7) is 0.443. The van der Waals surface area contributed by atoms with E-state index < -0.39 is 0 Å². The predicted molar refractivity (Wildman–Crippen MR) is 479 cm³/mol. The van der Waals surface area contributed by atoms with Gasteiger partial charge in [-0.2, -0.15) is 0 Å². The molecule has 15 aromatic carbocycles. The molecule has 0 radical (unpaired) electrons. The van der Waals surface area contributed by atoms with Crippen molar-refractivity contribution < 1.29 is 0 Å². The van der Waals surface area contributed by atoms with Crippen LogP contribution in [0.2, 0.25) is 0 Å². The van der Waals surface area contributed by atoms with Crippen molar-refractivity contribution in [2.45, 2.75) is 0 Å². The summed E-state index contributed by atoms with van der Waals surface area (Å²) < 4.78 is 0.